The molecule has 118 valence electrons. The van der Waals surface area contributed by atoms with Crippen LogP contribution in [0.5, 0.6) is 0 Å². The van der Waals surface area contributed by atoms with Crippen LogP contribution in [0.4, 0.5) is 4.39 Å². The number of nitrogens with zero attached hydrogens (tertiary/aromatic N) is 1. The molecule has 0 fully saturated rings. The van der Waals surface area contributed by atoms with Gasteiger partial charge < -0.3 is 9.25 Å². The average Bonchev–Trinajstić information content (AvgIpc) is 3.13. The Morgan fingerprint density at radius 3 is 2.38 bits per heavy atom. The minimum atomic E-state index is -1.07. The minimum Gasteiger partial charge on any atom is -0.463 e. The molecule has 0 radical (unpaired) electrons. The van der Waals surface area contributed by atoms with Crippen molar-refractivity contribution in [2.75, 3.05) is 0 Å². The van der Waals surface area contributed by atoms with E-state index in [4.69, 9.17) is 9.25 Å². The smallest absolute Gasteiger partial charge is 0.367 e. The molecule has 0 N–H and O–H groups in total. The highest BCUT2D eigenvalue weighted by atomic mass is 19.1. The summed E-state index contributed by atoms with van der Waals surface area (Å²) in [5, 5.41) is 0.733. The molecule has 2 heterocycles. The van der Waals surface area contributed by atoms with Gasteiger partial charge in [0.1, 0.15) is 17.0 Å². The van der Waals surface area contributed by atoms with Crippen LogP contribution in [0.15, 0.2) is 53.1 Å². The number of hydroxylamine groups is 2. The summed E-state index contributed by atoms with van der Waals surface area (Å²) in [6.45, 7) is 0. The third-order valence-corrected chi connectivity index (χ3v) is 3.67. The largest absolute Gasteiger partial charge is 0.463 e. The van der Waals surface area contributed by atoms with Gasteiger partial charge in [-0.2, -0.15) is 0 Å². The molecule has 0 saturated heterocycles. The zero-order valence-corrected chi connectivity index (χ0v) is 12.0. The van der Waals surface area contributed by atoms with Gasteiger partial charge in [-0.15, -0.1) is 0 Å². The molecule has 4 rings (SSSR count). The van der Waals surface area contributed by atoms with Crippen molar-refractivity contribution in [2.24, 2.45) is 0 Å². The summed E-state index contributed by atoms with van der Waals surface area (Å²) in [4.78, 5) is 41.6. The summed E-state index contributed by atoms with van der Waals surface area (Å²) >= 11 is 0. The first kappa shape index (κ1) is 14.1. The van der Waals surface area contributed by atoms with Gasteiger partial charge in [0, 0.05) is 5.39 Å². The molecule has 0 atom stereocenters. The molecule has 0 aliphatic carbocycles. The van der Waals surface area contributed by atoms with Crippen LogP contribution in [0.3, 0.4) is 0 Å². The van der Waals surface area contributed by atoms with Crippen LogP contribution in [0.2, 0.25) is 0 Å². The van der Waals surface area contributed by atoms with Crippen LogP contribution < -0.4 is 0 Å². The van der Waals surface area contributed by atoms with Crippen molar-refractivity contribution in [1.29, 1.82) is 0 Å². The summed E-state index contributed by atoms with van der Waals surface area (Å²) in [5.74, 6) is -3.24. The van der Waals surface area contributed by atoms with E-state index in [0.717, 1.165) is 6.07 Å². The Morgan fingerprint density at radius 2 is 1.71 bits per heavy atom. The first-order valence-corrected chi connectivity index (χ1v) is 6.93. The fourth-order valence-electron chi connectivity index (χ4n) is 2.58. The topological polar surface area (TPSA) is 76.8 Å². The predicted molar refractivity (Wildman–Crippen MR) is 78.5 cm³/mol. The summed E-state index contributed by atoms with van der Waals surface area (Å²) in [7, 11) is 0. The third-order valence-electron chi connectivity index (χ3n) is 3.67. The zero-order valence-electron chi connectivity index (χ0n) is 12.0. The molecule has 2 aromatic carbocycles. The van der Waals surface area contributed by atoms with E-state index in [-0.39, 0.29) is 22.3 Å². The Hall–Kier alpha value is -3.48. The molecule has 1 aromatic heterocycles. The van der Waals surface area contributed by atoms with Gasteiger partial charge in [-0.1, -0.05) is 17.2 Å². The van der Waals surface area contributed by atoms with Crippen LogP contribution in [-0.4, -0.2) is 22.8 Å². The van der Waals surface area contributed by atoms with E-state index in [9.17, 15) is 18.8 Å². The molecule has 0 saturated carbocycles. The summed E-state index contributed by atoms with van der Waals surface area (Å²) < 4.78 is 18.8. The first-order chi connectivity index (χ1) is 11.6. The predicted octanol–water partition coefficient (Wildman–Crippen LogP) is 2.94. The van der Waals surface area contributed by atoms with E-state index in [1.165, 1.54) is 30.5 Å². The Labute approximate surface area is 134 Å². The van der Waals surface area contributed by atoms with Gasteiger partial charge in [-0.25, -0.2) is 9.18 Å². The molecule has 6 nitrogen and oxygen atoms in total. The van der Waals surface area contributed by atoms with Crippen molar-refractivity contribution < 1.29 is 28.0 Å². The highest BCUT2D eigenvalue weighted by Gasteiger charge is 2.39. The Bertz CT molecular complexity index is 988. The summed E-state index contributed by atoms with van der Waals surface area (Å²) in [5.41, 5.74) is 0.167. The lowest BCUT2D eigenvalue weighted by atomic mass is 10.1. The number of imide groups is 1. The van der Waals surface area contributed by atoms with Gasteiger partial charge in [0.25, 0.3) is 11.8 Å². The van der Waals surface area contributed by atoms with Crippen molar-refractivity contribution in [1.82, 2.24) is 5.06 Å². The van der Waals surface area contributed by atoms with E-state index in [1.807, 2.05) is 0 Å². The lowest BCUT2D eigenvalue weighted by Crippen LogP contribution is -2.32. The van der Waals surface area contributed by atoms with E-state index in [1.54, 1.807) is 12.1 Å². The molecule has 2 amide bonds. The van der Waals surface area contributed by atoms with Crippen LogP contribution in [-0.2, 0) is 4.84 Å². The lowest BCUT2D eigenvalue weighted by molar-refractivity contribution is -0.0584. The molecule has 0 bridgehead atoms. The van der Waals surface area contributed by atoms with Crippen molar-refractivity contribution in [2.45, 2.75) is 0 Å². The number of carbonyl (C=O) groups excluding carboxylic acids is 3. The molecule has 3 aromatic rings. The molecule has 1 aliphatic rings. The van der Waals surface area contributed by atoms with Crippen molar-refractivity contribution >= 4 is 28.8 Å². The summed E-state index contributed by atoms with van der Waals surface area (Å²) in [6, 6.07) is 9.69. The van der Waals surface area contributed by atoms with Crippen LogP contribution >= 0.6 is 0 Å². The monoisotopic (exact) mass is 325 g/mol. The molecule has 7 heteroatoms. The number of fused-ring (bicyclic) bond motifs is 2. The van der Waals surface area contributed by atoms with Crippen molar-refractivity contribution in [3.05, 3.63) is 71.2 Å². The highest BCUT2D eigenvalue weighted by molar-refractivity contribution is 6.21. The van der Waals surface area contributed by atoms with E-state index < -0.39 is 23.6 Å². The fraction of sp³-hybridized carbons (Fsp3) is 0. The van der Waals surface area contributed by atoms with Gasteiger partial charge in [0.2, 0.25) is 0 Å². The number of benzene rings is 2. The second kappa shape index (κ2) is 5.02. The molecule has 24 heavy (non-hydrogen) atoms. The maximum atomic E-state index is 13.6. The van der Waals surface area contributed by atoms with E-state index in [0.29, 0.717) is 10.4 Å². The number of hydrogen-bond acceptors (Lipinski definition) is 5. The van der Waals surface area contributed by atoms with Crippen LogP contribution in [0.1, 0.15) is 31.1 Å². The van der Waals surface area contributed by atoms with Crippen molar-refractivity contribution in [3.8, 4) is 0 Å². The number of hydrogen-bond donors (Lipinski definition) is 0. The van der Waals surface area contributed by atoms with E-state index in [2.05, 4.69) is 0 Å². The molecule has 0 unspecified atom stereocenters. The maximum absolute atomic E-state index is 13.6. The van der Waals surface area contributed by atoms with Crippen LogP contribution in [0.25, 0.3) is 11.0 Å². The maximum Gasteiger partial charge on any atom is 0.367 e. The number of furan rings is 1. The molecule has 1 aliphatic heterocycles. The summed E-state index contributed by atoms with van der Waals surface area (Å²) in [6.07, 6.45) is 1.29. The second-order valence-corrected chi connectivity index (χ2v) is 5.12. The third kappa shape index (κ3) is 1.98. The number of amides is 2. The number of carbonyl (C=O) groups is 3. The minimum absolute atomic E-state index is 0.109. The molecule has 0 spiro atoms. The average molecular weight is 325 g/mol. The molecular weight excluding hydrogens is 317 g/mol. The Morgan fingerprint density at radius 1 is 1.04 bits per heavy atom. The standard InChI is InChI=1S/C17H8FNO5/c18-10-7-9-5-6-23-14(9)13(8-10)17(22)24-19-15(20)11-3-1-2-4-12(11)16(19)21/h1-8H. The SMILES string of the molecule is O=C(ON1C(=O)c2ccccc2C1=O)c1cc(F)cc2ccoc12. The molecular formula is C17H8FNO5. The number of rotatable bonds is 2. The van der Waals surface area contributed by atoms with Gasteiger partial charge >= 0.3 is 5.97 Å². The zero-order chi connectivity index (χ0) is 16.8. The second-order valence-electron chi connectivity index (χ2n) is 5.12. The van der Waals surface area contributed by atoms with Gasteiger partial charge in [0.05, 0.1) is 17.4 Å². The van der Waals surface area contributed by atoms with Crippen molar-refractivity contribution in [3.63, 3.8) is 0 Å². The Kier molecular flexibility index (Phi) is 2.96. The van der Waals surface area contributed by atoms with Crippen LogP contribution in [0, 0.1) is 5.82 Å². The van der Waals surface area contributed by atoms with Gasteiger partial charge in [-0.3, -0.25) is 9.59 Å². The highest BCUT2D eigenvalue weighted by Crippen LogP contribution is 2.26. The lowest BCUT2D eigenvalue weighted by Gasteiger charge is -2.12. The number of halogens is 1. The van der Waals surface area contributed by atoms with Gasteiger partial charge in [0.15, 0.2) is 0 Å². The normalized spacial score (nSPS) is 13.5. The van der Waals surface area contributed by atoms with Gasteiger partial charge in [-0.05, 0) is 30.3 Å². The van der Waals surface area contributed by atoms with E-state index >= 15 is 0 Å². The fourth-order valence-corrected chi connectivity index (χ4v) is 2.58. The quantitative estimate of drug-likeness (QED) is 0.677. The first-order valence-electron chi connectivity index (χ1n) is 6.93. The Balaban J connectivity index is 1.69.